The van der Waals surface area contributed by atoms with Gasteiger partial charge in [0.25, 0.3) is 0 Å². The van der Waals surface area contributed by atoms with Crippen LogP contribution in [0.15, 0.2) is 0 Å². The third-order valence-electron chi connectivity index (χ3n) is 0.221. The number of halogens is 2. The fourth-order valence-corrected chi connectivity index (χ4v) is 0.326. The lowest BCUT2D eigenvalue weighted by Gasteiger charge is -1.94. The van der Waals surface area contributed by atoms with Crippen LogP contribution in [0.3, 0.4) is 0 Å². The molecule has 7 heavy (non-hydrogen) atoms. The molecule has 0 bridgehead atoms. The molecule has 0 rings (SSSR count). The second-order valence-electron chi connectivity index (χ2n) is 0.819. The Morgan fingerprint density at radius 3 is 2.00 bits per heavy atom. The summed E-state index contributed by atoms with van der Waals surface area (Å²) in [6, 6.07) is 0. The smallest absolute Gasteiger partial charge is 0.331 e. The van der Waals surface area contributed by atoms with Gasteiger partial charge in [-0.15, -0.1) is 0 Å². The van der Waals surface area contributed by atoms with Crippen LogP contribution in [-0.4, -0.2) is 5.97 Å². The van der Waals surface area contributed by atoms with Crippen molar-refractivity contribution in [2.45, 2.75) is 6.92 Å². The van der Waals surface area contributed by atoms with Crippen LogP contribution in [0, 0.1) is 5.02 Å². The van der Waals surface area contributed by atoms with Gasteiger partial charge in [0.1, 0.15) is 0 Å². The average Bonchev–Trinajstić information content (AvgIpc) is 1.27. The van der Waals surface area contributed by atoms with Crippen LogP contribution in [0.1, 0.15) is 6.92 Å². The molecule has 0 aliphatic carbocycles. The number of rotatable bonds is 1. The van der Waals surface area contributed by atoms with Crippen molar-refractivity contribution in [2.24, 2.45) is 0 Å². The summed E-state index contributed by atoms with van der Waals surface area (Å²) in [6.45, 7) is 1.21. The van der Waals surface area contributed by atoms with Crippen molar-refractivity contribution in [1.82, 2.24) is 0 Å². The first-order valence-corrected chi connectivity index (χ1v) is 2.25. The van der Waals surface area contributed by atoms with Gasteiger partial charge in [-0.1, -0.05) is 0 Å². The monoisotopic (exact) mass is 141 g/mol. The first-order chi connectivity index (χ1) is 3.13. The minimum absolute atomic E-state index is 0.368. The number of carbonyl (C=O) groups excluding carboxylic acids is 1. The first-order valence-electron chi connectivity index (χ1n) is 1.49. The maximum atomic E-state index is 9.84. The molecule has 0 heterocycles. The zero-order valence-corrected chi connectivity index (χ0v) is 5.08. The van der Waals surface area contributed by atoms with E-state index in [1.54, 1.807) is 0 Å². The Morgan fingerprint density at radius 1 is 1.57 bits per heavy atom. The zero-order chi connectivity index (χ0) is 5.86. The summed E-state index contributed by atoms with van der Waals surface area (Å²) in [6.07, 6.45) is 0. The van der Waals surface area contributed by atoms with Gasteiger partial charge in [-0.05, 0) is 23.2 Å². The molecule has 41 valence electrons. The number of esters is 1. The van der Waals surface area contributed by atoms with Crippen molar-refractivity contribution < 1.29 is 9.53 Å². The molecule has 1 radical (unpaired) electrons. The molecule has 0 unspecified atom stereocenters. The van der Waals surface area contributed by atoms with E-state index in [1.807, 2.05) is 0 Å². The first kappa shape index (κ1) is 7.05. The summed E-state index contributed by atoms with van der Waals surface area (Å²) in [7, 11) is 0. The highest BCUT2D eigenvalue weighted by atomic mass is 35.5. The second kappa shape index (κ2) is 3.10. The van der Waals surface area contributed by atoms with E-state index in [-0.39, 0.29) is 5.02 Å². The minimum Gasteiger partial charge on any atom is -0.422 e. The van der Waals surface area contributed by atoms with Gasteiger partial charge < -0.3 is 4.74 Å². The van der Waals surface area contributed by atoms with Crippen LogP contribution < -0.4 is 0 Å². The van der Waals surface area contributed by atoms with E-state index < -0.39 is 5.97 Å². The van der Waals surface area contributed by atoms with E-state index in [0.717, 1.165) is 0 Å². The van der Waals surface area contributed by atoms with E-state index in [9.17, 15) is 4.79 Å². The van der Waals surface area contributed by atoms with Gasteiger partial charge in [0.15, 0.2) is 0 Å². The molecule has 0 aromatic rings. The van der Waals surface area contributed by atoms with Gasteiger partial charge in [-0.3, -0.25) is 4.79 Å². The van der Waals surface area contributed by atoms with E-state index in [4.69, 9.17) is 23.2 Å². The molecule has 0 aromatic heterocycles. The summed E-state index contributed by atoms with van der Waals surface area (Å²) in [5.41, 5.74) is 0. The van der Waals surface area contributed by atoms with Gasteiger partial charge in [0.2, 0.25) is 0 Å². The Kier molecular flexibility index (Phi) is 3.13. The van der Waals surface area contributed by atoms with Crippen molar-refractivity contribution in [3.05, 3.63) is 5.02 Å². The van der Waals surface area contributed by atoms with Gasteiger partial charge in [-0.2, -0.15) is 0 Å². The maximum absolute atomic E-state index is 9.84. The van der Waals surface area contributed by atoms with Crippen LogP contribution >= 0.6 is 23.2 Å². The topological polar surface area (TPSA) is 26.3 Å². The maximum Gasteiger partial charge on any atom is 0.331 e. The molecule has 0 saturated heterocycles. The summed E-state index contributed by atoms with van der Waals surface area (Å²) < 4.78 is 4.06. The highest BCUT2D eigenvalue weighted by Crippen LogP contribution is 2.12. The molecule has 0 saturated carbocycles. The third kappa shape index (κ3) is 6.05. The van der Waals surface area contributed by atoms with Crippen LogP contribution in [0.25, 0.3) is 0 Å². The molecule has 0 N–H and O–H groups in total. The Balaban J connectivity index is 3.13. The SMILES string of the molecule is CC(=O)O[C](Cl)Cl. The number of hydrogen-bond acceptors (Lipinski definition) is 2. The lowest BCUT2D eigenvalue weighted by atomic mass is 10.8. The van der Waals surface area contributed by atoms with Gasteiger partial charge in [0, 0.05) is 6.92 Å². The highest BCUT2D eigenvalue weighted by Gasteiger charge is 2.01. The lowest BCUT2D eigenvalue weighted by molar-refractivity contribution is -0.137. The predicted molar refractivity (Wildman–Crippen MR) is 26.7 cm³/mol. The van der Waals surface area contributed by atoms with E-state index >= 15 is 0 Å². The molecule has 0 amide bonds. The molecular weight excluding hydrogens is 139 g/mol. The van der Waals surface area contributed by atoms with E-state index in [1.165, 1.54) is 6.92 Å². The molecular formula is C3H3Cl2O2. The second-order valence-corrected chi connectivity index (χ2v) is 1.70. The third-order valence-corrected chi connectivity index (χ3v) is 0.375. The van der Waals surface area contributed by atoms with Gasteiger partial charge in [0.05, 0.1) is 0 Å². The van der Waals surface area contributed by atoms with Crippen LogP contribution in [0.5, 0.6) is 0 Å². The van der Waals surface area contributed by atoms with E-state index in [2.05, 4.69) is 4.74 Å². The van der Waals surface area contributed by atoms with Crippen molar-refractivity contribution in [2.75, 3.05) is 0 Å². The van der Waals surface area contributed by atoms with Gasteiger partial charge >= 0.3 is 11.0 Å². The number of ether oxygens (including phenoxy) is 1. The molecule has 4 heteroatoms. The molecule has 0 aliphatic heterocycles. The fraction of sp³-hybridized carbons (Fsp3) is 0.333. The molecule has 0 fully saturated rings. The van der Waals surface area contributed by atoms with Crippen molar-refractivity contribution in [3.63, 3.8) is 0 Å². The van der Waals surface area contributed by atoms with Gasteiger partial charge in [-0.25, -0.2) is 0 Å². The summed E-state index contributed by atoms with van der Waals surface area (Å²) >= 11 is 9.82. The fourth-order valence-electron chi connectivity index (χ4n) is 0.109. The molecule has 0 atom stereocenters. The quantitative estimate of drug-likeness (QED) is 0.518. The summed E-state index contributed by atoms with van der Waals surface area (Å²) in [5, 5.41) is -0.368. The largest absolute Gasteiger partial charge is 0.422 e. The number of carbonyl (C=O) groups is 1. The Morgan fingerprint density at radius 2 is 2.00 bits per heavy atom. The highest BCUT2D eigenvalue weighted by molar-refractivity contribution is 6.51. The Bertz CT molecular complexity index is 71.3. The molecule has 0 aromatic carbocycles. The minimum atomic E-state index is -0.514. The predicted octanol–water partition coefficient (Wildman–Crippen LogP) is 1.47. The van der Waals surface area contributed by atoms with Crippen molar-refractivity contribution in [3.8, 4) is 0 Å². The van der Waals surface area contributed by atoms with Crippen LogP contribution in [0.2, 0.25) is 0 Å². The number of hydrogen-bond donors (Lipinski definition) is 0. The zero-order valence-electron chi connectivity index (χ0n) is 3.57. The summed E-state index contributed by atoms with van der Waals surface area (Å²) in [5.74, 6) is -0.514. The summed E-state index contributed by atoms with van der Waals surface area (Å²) in [4.78, 5) is 9.84. The van der Waals surface area contributed by atoms with Crippen LogP contribution in [0.4, 0.5) is 0 Å². The standard InChI is InChI=1S/C3H3Cl2O2/c1-2(6)7-3(4)5/h1H3. The Hall–Kier alpha value is 0.0500. The average molecular weight is 142 g/mol. The Labute approximate surface area is 51.4 Å². The molecule has 0 spiro atoms. The van der Waals surface area contributed by atoms with Crippen LogP contribution in [-0.2, 0) is 9.53 Å². The molecule has 0 aliphatic rings. The van der Waals surface area contributed by atoms with Crippen molar-refractivity contribution >= 4 is 29.2 Å². The van der Waals surface area contributed by atoms with Crippen molar-refractivity contribution in [1.29, 1.82) is 0 Å². The normalized spacial score (nSPS) is 9.14. The van der Waals surface area contributed by atoms with E-state index in [0.29, 0.717) is 0 Å². The lowest BCUT2D eigenvalue weighted by Crippen LogP contribution is -1.95. The molecule has 2 nitrogen and oxygen atoms in total.